The van der Waals surface area contributed by atoms with E-state index in [0.717, 1.165) is 33.7 Å². The third-order valence-corrected chi connectivity index (χ3v) is 4.02. The van der Waals surface area contributed by atoms with Crippen molar-refractivity contribution in [1.82, 2.24) is 19.6 Å². The van der Waals surface area contributed by atoms with Gasteiger partial charge in [-0.1, -0.05) is 23.8 Å². The molecule has 6 nitrogen and oxygen atoms in total. The van der Waals surface area contributed by atoms with E-state index in [9.17, 15) is 4.79 Å². The number of aryl methyl sites for hydroxylation is 1. The molecule has 3 heterocycles. The van der Waals surface area contributed by atoms with E-state index in [0.29, 0.717) is 5.82 Å². The maximum Gasteiger partial charge on any atom is 0.222 e. The molecule has 0 aliphatic rings. The Hall–Kier alpha value is -3.54. The van der Waals surface area contributed by atoms with Crippen LogP contribution in [0.1, 0.15) is 12.5 Å². The second-order valence-electron chi connectivity index (χ2n) is 6.08. The molecule has 1 amide bonds. The SMILES string of the molecule is CC(=O)Nc1cc(-c2c(-c3cccc(C)c3)nc3cccnn23)ccn1. The summed E-state index contributed by atoms with van der Waals surface area (Å²) in [5.41, 5.74) is 5.52. The number of pyridine rings is 1. The molecule has 0 saturated carbocycles. The Morgan fingerprint density at radius 2 is 1.92 bits per heavy atom. The molecule has 0 fully saturated rings. The maximum atomic E-state index is 11.4. The zero-order valence-electron chi connectivity index (χ0n) is 14.5. The molecule has 4 aromatic rings. The third kappa shape index (κ3) is 2.93. The fourth-order valence-corrected chi connectivity index (χ4v) is 2.97. The third-order valence-electron chi connectivity index (χ3n) is 4.02. The van der Waals surface area contributed by atoms with Gasteiger partial charge in [0.1, 0.15) is 11.5 Å². The lowest BCUT2D eigenvalue weighted by molar-refractivity contribution is -0.114. The van der Waals surface area contributed by atoms with Gasteiger partial charge in [0.05, 0.1) is 5.69 Å². The highest BCUT2D eigenvalue weighted by molar-refractivity contribution is 5.89. The van der Waals surface area contributed by atoms with Gasteiger partial charge < -0.3 is 5.32 Å². The first kappa shape index (κ1) is 16.0. The van der Waals surface area contributed by atoms with Gasteiger partial charge in [0.15, 0.2) is 5.65 Å². The predicted molar refractivity (Wildman–Crippen MR) is 101 cm³/mol. The average molecular weight is 343 g/mol. The molecule has 26 heavy (non-hydrogen) atoms. The number of hydrogen-bond donors (Lipinski definition) is 1. The van der Waals surface area contributed by atoms with Gasteiger partial charge in [-0.05, 0) is 37.3 Å². The molecule has 6 heteroatoms. The van der Waals surface area contributed by atoms with Gasteiger partial charge >= 0.3 is 0 Å². The normalized spacial score (nSPS) is 10.8. The second kappa shape index (κ2) is 6.40. The number of rotatable bonds is 3. The molecule has 0 aliphatic carbocycles. The summed E-state index contributed by atoms with van der Waals surface area (Å²) in [6, 6.07) is 15.7. The Balaban J connectivity index is 1.96. The first-order valence-electron chi connectivity index (χ1n) is 8.26. The molecule has 0 saturated heterocycles. The molecule has 0 unspecified atom stereocenters. The van der Waals surface area contributed by atoms with Gasteiger partial charge in [-0.15, -0.1) is 0 Å². The summed E-state index contributed by atoms with van der Waals surface area (Å²) in [6.45, 7) is 3.51. The highest BCUT2D eigenvalue weighted by atomic mass is 16.1. The minimum absolute atomic E-state index is 0.162. The van der Waals surface area contributed by atoms with Crippen LogP contribution in [0.5, 0.6) is 0 Å². The molecular weight excluding hydrogens is 326 g/mol. The lowest BCUT2D eigenvalue weighted by Gasteiger charge is -2.07. The molecule has 1 aromatic carbocycles. The smallest absolute Gasteiger partial charge is 0.222 e. The number of imidazole rings is 1. The number of anilines is 1. The topological polar surface area (TPSA) is 72.2 Å². The van der Waals surface area contributed by atoms with E-state index in [4.69, 9.17) is 4.98 Å². The number of nitrogens with one attached hydrogen (secondary N) is 1. The number of carbonyl (C=O) groups excluding carboxylic acids is 1. The van der Waals surface area contributed by atoms with Crippen molar-refractivity contribution in [3.05, 3.63) is 66.5 Å². The van der Waals surface area contributed by atoms with Crippen molar-refractivity contribution in [1.29, 1.82) is 0 Å². The van der Waals surface area contributed by atoms with Gasteiger partial charge in [-0.25, -0.2) is 14.5 Å². The fraction of sp³-hybridized carbons (Fsp3) is 0.100. The summed E-state index contributed by atoms with van der Waals surface area (Å²) in [4.78, 5) is 20.4. The van der Waals surface area contributed by atoms with Crippen LogP contribution < -0.4 is 5.32 Å². The molecule has 4 rings (SSSR count). The highest BCUT2D eigenvalue weighted by Gasteiger charge is 2.17. The number of amides is 1. The zero-order valence-corrected chi connectivity index (χ0v) is 14.5. The van der Waals surface area contributed by atoms with Crippen LogP contribution in [0.3, 0.4) is 0 Å². The van der Waals surface area contributed by atoms with Crippen LogP contribution in [-0.4, -0.2) is 25.5 Å². The fourth-order valence-electron chi connectivity index (χ4n) is 2.97. The van der Waals surface area contributed by atoms with E-state index in [1.807, 2.05) is 40.9 Å². The number of aromatic nitrogens is 4. The summed E-state index contributed by atoms with van der Waals surface area (Å²) in [6.07, 6.45) is 3.40. The Kier molecular flexibility index (Phi) is 3.93. The summed E-state index contributed by atoms with van der Waals surface area (Å²) in [5, 5.41) is 7.19. The first-order valence-corrected chi connectivity index (χ1v) is 8.26. The summed E-state index contributed by atoms with van der Waals surface area (Å²) in [7, 11) is 0. The zero-order chi connectivity index (χ0) is 18.1. The molecule has 0 atom stereocenters. The van der Waals surface area contributed by atoms with E-state index in [1.165, 1.54) is 6.92 Å². The van der Waals surface area contributed by atoms with Crippen molar-refractivity contribution in [2.75, 3.05) is 5.32 Å². The largest absolute Gasteiger partial charge is 0.311 e. The summed E-state index contributed by atoms with van der Waals surface area (Å²) in [5.74, 6) is 0.334. The van der Waals surface area contributed by atoms with Crippen LogP contribution >= 0.6 is 0 Å². The van der Waals surface area contributed by atoms with Crippen LogP contribution in [0, 0.1) is 6.92 Å². The molecule has 1 N–H and O–H groups in total. The number of hydrogen-bond acceptors (Lipinski definition) is 4. The van der Waals surface area contributed by atoms with Crippen LogP contribution in [0.2, 0.25) is 0 Å². The quantitative estimate of drug-likeness (QED) is 0.615. The number of carbonyl (C=O) groups is 1. The molecule has 0 spiro atoms. The van der Waals surface area contributed by atoms with E-state index in [-0.39, 0.29) is 5.91 Å². The van der Waals surface area contributed by atoms with Crippen molar-refractivity contribution in [3.63, 3.8) is 0 Å². The molecular formula is C20H17N5O. The average Bonchev–Trinajstić information content (AvgIpc) is 3.01. The van der Waals surface area contributed by atoms with Crippen molar-refractivity contribution in [2.24, 2.45) is 0 Å². The molecule has 0 aliphatic heterocycles. The Labute approximate surface area is 150 Å². The van der Waals surface area contributed by atoms with Gasteiger partial charge in [0.2, 0.25) is 5.91 Å². The van der Waals surface area contributed by atoms with Crippen molar-refractivity contribution in [3.8, 4) is 22.5 Å². The maximum absolute atomic E-state index is 11.4. The first-order chi connectivity index (χ1) is 12.6. The highest BCUT2D eigenvalue weighted by Crippen LogP contribution is 2.33. The minimum atomic E-state index is -0.162. The van der Waals surface area contributed by atoms with Gasteiger partial charge in [-0.2, -0.15) is 5.10 Å². The summed E-state index contributed by atoms with van der Waals surface area (Å²) < 4.78 is 1.81. The number of nitrogens with zero attached hydrogens (tertiary/aromatic N) is 4. The number of fused-ring (bicyclic) bond motifs is 1. The Bertz CT molecular complexity index is 1120. The van der Waals surface area contributed by atoms with Gasteiger partial charge in [0, 0.05) is 30.4 Å². The van der Waals surface area contributed by atoms with Crippen molar-refractivity contribution >= 4 is 17.4 Å². The Morgan fingerprint density at radius 1 is 1.04 bits per heavy atom. The number of benzene rings is 1. The lowest BCUT2D eigenvalue weighted by atomic mass is 10.0. The van der Waals surface area contributed by atoms with Crippen LogP contribution in [0.15, 0.2) is 60.9 Å². The monoisotopic (exact) mass is 343 g/mol. The lowest BCUT2D eigenvalue weighted by Crippen LogP contribution is -2.07. The van der Waals surface area contributed by atoms with Gasteiger partial charge in [-0.3, -0.25) is 4.79 Å². The van der Waals surface area contributed by atoms with E-state index in [1.54, 1.807) is 12.4 Å². The van der Waals surface area contributed by atoms with Crippen LogP contribution in [-0.2, 0) is 4.79 Å². The van der Waals surface area contributed by atoms with E-state index >= 15 is 0 Å². The second-order valence-corrected chi connectivity index (χ2v) is 6.08. The molecule has 128 valence electrons. The van der Waals surface area contributed by atoms with E-state index < -0.39 is 0 Å². The Morgan fingerprint density at radius 3 is 2.73 bits per heavy atom. The standard InChI is InChI=1S/C20H17N5O/c1-13-5-3-6-15(11-13)19-20(25-18(24-19)7-4-9-22-25)16-8-10-21-17(12-16)23-14(2)26/h3-12H,1-2H3,(H,21,23,26). The molecule has 0 radical (unpaired) electrons. The summed E-state index contributed by atoms with van der Waals surface area (Å²) >= 11 is 0. The molecule has 0 bridgehead atoms. The van der Waals surface area contributed by atoms with Crippen LogP contribution in [0.4, 0.5) is 5.82 Å². The predicted octanol–water partition coefficient (Wildman–Crippen LogP) is 3.73. The van der Waals surface area contributed by atoms with Crippen LogP contribution in [0.25, 0.3) is 28.2 Å². The minimum Gasteiger partial charge on any atom is -0.311 e. The van der Waals surface area contributed by atoms with Crippen molar-refractivity contribution in [2.45, 2.75) is 13.8 Å². The van der Waals surface area contributed by atoms with Gasteiger partial charge in [0.25, 0.3) is 0 Å². The van der Waals surface area contributed by atoms with E-state index in [2.05, 4.69) is 34.5 Å². The molecule has 3 aromatic heterocycles. The van der Waals surface area contributed by atoms with Crippen molar-refractivity contribution < 1.29 is 4.79 Å².